The van der Waals surface area contributed by atoms with Gasteiger partial charge >= 0.3 is 0 Å². The molecule has 2 heterocycles. The van der Waals surface area contributed by atoms with Crippen molar-refractivity contribution in [3.8, 4) is 56.7 Å². The highest BCUT2D eigenvalue weighted by molar-refractivity contribution is 6.08. The molecule has 0 radical (unpaired) electrons. The van der Waals surface area contributed by atoms with Crippen LogP contribution in [0.25, 0.3) is 89.4 Å². The molecular formula is C42H26N4O. The van der Waals surface area contributed by atoms with Gasteiger partial charge in [0.1, 0.15) is 5.52 Å². The largest absolute Gasteiger partial charge is 0.436 e. The summed E-state index contributed by atoms with van der Waals surface area (Å²) in [7, 11) is 0. The lowest BCUT2D eigenvalue weighted by molar-refractivity contribution is 0.620. The maximum absolute atomic E-state index is 6.34. The molecule has 0 saturated carbocycles. The molecule has 2 aromatic heterocycles. The molecule has 0 amide bonds. The zero-order valence-corrected chi connectivity index (χ0v) is 25.2. The minimum Gasteiger partial charge on any atom is -0.436 e. The van der Waals surface area contributed by atoms with Crippen molar-refractivity contribution in [3.05, 3.63) is 158 Å². The Labute approximate surface area is 270 Å². The summed E-state index contributed by atoms with van der Waals surface area (Å²) in [4.78, 5) is 19.6. The van der Waals surface area contributed by atoms with Crippen LogP contribution in [0.3, 0.4) is 0 Å². The molecule has 5 heteroatoms. The number of hydrogen-bond donors (Lipinski definition) is 0. The van der Waals surface area contributed by atoms with E-state index < -0.39 is 0 Å². The van der Waals surface area contributed by atoms with E-state index in [0.717, 1.165) is 44.5 Å². The number of nitrogens with zero attached hydrogens (tertiary/aromatic N) is 4. The number of fused-ring (bicyclic) bond motifs is 4. The second-order valence-corrected chi connectivity index (χ2v) is 11.5. The van der Waals surface area contributed by atoms with Gasteiger partial charge in [0.25, 0.3) is 0 Å². The second-order valence-electron chi connectivity index (χ2n) is 11.5. The smallest absolute Gasteiger partial charge is 0.227 e. The van der Waals surface area contributed by atoms with Crippen molar-refractivity contribution in [2.24, 2.45) is 0 Å². The van der Waals surface area contributed by atoms with Gasteiger partial charge in [-0.15, -0.1) is 0 Å². The summed E-state index contributed by atoms with van der Waals surface area (Å²) in [6.45, 7) is 0. The van der Waals surface area contributed by atoms with Crippen molar-refractivity contribution in [2.75, 3.05) is 0 Å². The lowest BCUT2D eigenvalue weighted by atomic mass is 10.00. The average molecular weight is 603 g/mol. The fraction of sp³-hybridized carbons (Fsp3) is 0. The van der Waals surface area contributed by atoms with Crippen LogP contribution >= 0.6 is 0 Å². The van der Waals surface area contributed by atoms with E-state index in [2.05, 4.69) is 84.9 Å². The van der Waals surface area contributed by atoms with Crippen LogP contribution < -0.4 is 0 Å². The molecule has 7 aromatic carbocycles. The molecule has 5 nitrogen and oxygen atoms in total. The fourth-order valence-corrected chi connectivity index (χ4v) is 6.18. The van der Waals surface area contributed by atoms with E-state index >= 15 is 0 Å². The average Bonchev–Trinajstić information content (AvgIpc) is 3.60. The van der Waals surface area contributed by atoms with E-state index in [0.29, 0.717) is 23.4 Å². The number of oxazole rings is 1. The van der Waals surface area contributed by atoms with Crippen molar-refractivity contribution in [1.29, 1.82) is 0 Å². The lowest BCUT2D eigenvalue weighted by Crippen LogP contribution is -2.00. The minimum absolute atomic E-state index is 0.603. The van der Waals surface area contributed by atoms with Crippen LogP contribution in [0.2, 0.25) is 0 Å². The third-order valence-corrected chi connectivity index (χ3v) is 8.57. The topological polar surface area (TPSA) is 64.7 Å². The molecule has 0 atom stereocenters. The van der Waals surface area contributed by atoms with E-state index in [1.54, 1.807) is 0 Å². The summed E-state index contributed by atoms with van der Waals surface area (Å²) in [5.74, 6) is 2.50. The van der Waals surface area contributed by atoms with Gasteiger partial charge in [-0.1, -0.05) is 140 Å². The number of benzene rings is 7. The van der Waals surface area contributed by atoms with Gasteiger partial charge in [-0.25, -0.2) is 19.9 Å². The number of hydrogen-bond acceptors (Lipinski definition) is 5. The van der Waals surface area contributed by atoms with Crippen LogP contribution in [0.5, 0.6) is 0 Å². The predicted molar refractivity (Wildman–Crippen MR) is 190 cm³/mol. The van der Waals surface area contributed by atoms with E-state index in [1.165, 1.54) is 21.5 Å². The van der Waals surface area contributed by atoms with Crippen LogP contribution in [-0.2, 0) is 0 Å². The van der Waals surface area contributed by atoms with E-state index in [1.807, 2.05) is 72.8 Å². The predicted octanol–water partition coefficient (Wildman–Crippen LogP) is 10.7. The van der Waals surface area contributed by atoms with Gasteiger partial charge in [0.05, 0.1) is 0 Å². The Bertz CT molecular complexity index is 2500. The number of para-hydroxylation sites is 1. The zero-order chi connectivity index (χ0) is 31.2. The maximum Gasteiger partial charge on any atom is 0.227 e. The monoisotopic (exact) mass is 602 g/mol. The van der Waals surface area contributed by atoms with Gasteiger partial charge in [0, 0.05) is 27.8 Å². The molecular weight excluding hydrogens is 576 g/mol. The van der Waals surface area contributed by atoms with E-state index in [-0.39, 0.29) is 0 Å². The normalized spacial score (nSPS) is 11.4. The molecule has 0 spiro atoms. The quantitative estimate of drug-likeness (QED) is 0.183. The third kappa shape index (κ3) is 4.91. The zero-order valence-electron chi connectivity index (χ0n) is 25.2. The molecule has 0 unspecified atom stereocenters. The molecule has 9 aromatic rings. The molecule has 0 N–H and O–H groups in total. The van der Waals surface area contributed by atoms with Crippen LogP contribution in [0.15, 0.2) is 162 Å². The third-order valence-electron chi connectivity index (χ3n) is 8.57. The summed E-state index contributed by atoms with van der Waals surface area (Å²) in [6.07, 6.45) is 0. The number of aromatic nitrogens is 4. The first-order chi connectivity index (χ1) is 23.3. The van der Waals surface area contributed by atoms with Crippen LogP contribution in [0.1, 0.15) is 0 Å². The maximum atomic E-state index is 6.34. The van der Waals surface area contributed by atoms with Crippen molar-refractivity contribution in [2.45, 2.75) is 0 Å². The van der Waals surface area contributed by atoms with E-state index in [4.69, 9.17) is 24.4 Å². The molecule has 0 fully saturated rings. The minimum atomic E-state index is 0.603. The summed E-state index contributed by atoms with van der Waals surface area (Å²) in [5.41, 5.74) is 7.34. The van der Waals surface area contributed by atoms with Gasteiger partial charge in [0.15, 0.2) is 23.1 Å². The van der Waals surface area contributed by atoms with Gasteiger partial charge in [-0.3, -0.25) is 0 Å². The van der Waals surface area contributed by atoms with Crippen molar-refractivity contribution >= 4 is 32.6 Å². The molecule has 0 aliphatic heterocycles. The molecule has 0 aliphatic rings. The van der Waals surface area contributed by atoms with Crippen molar-refractivity contribution in [1.82, 2.24) is 19.9 Å². The highest BCUT2D eigenvalue weighted by Crippen LogP contribution is 2.35. The van der Waals surface area contributed by atoms with Crippen LogP contribution in [-0.4, -0.2) is 19.9 Å². The van der Waals surface area contributed by atoms with Gasteiger partial charge in [0.2, 0.25) is 5.89 Å². The highest BCUT2D eigenvalue weighted by atomic mass is 16.3. The summed E-state index contributed by atoms with van der Waals surface area (Å²) >= 11 is 0. The standard InChI is InChI=1S/C42H26N4O/c1-3-11-30(12-4-1)39-44-40(31-13-5-2-6-14-31)46-41(45-39)32-23-20-28(21-24-32)35-16-9-17-37-38(35)43-42(47-37)33-25-22-29-19-18-27-10-7-8-15-34(27)36(29)26-33/h1-26H. The molecule has 0 aliphatic carbocycles. The van der Waals surface area contributed by atoms with Crippen LogP contribution in [0, 0.1) is 0 Å². The van der Waals surface area contributed by atoms with E-state index in [9.17, 15) is 0 Å². The first-order valence-electron chi connectivity index (χ1n) is 15.6. The lowest BCUT2D eigenvalue weighted by Gasteiger charge is -2.09. The van der Waals surface area contributed by atoms with Crippen LogP contribution in [0.4, 0.5) is 0 Å². The second kappa shape index (κ2) is 11.2. The van der Waals surface area contributed by atoms with Crippen molar-refractivity contribution < 1.29 is 4.42 Å². The van der Waals surface area contributed by atoms with Gasteiger partial charge in [-0.05, 0) is 45.3 Å². The SMILES string of the molecule is c1ccc(-c2nc(-c3ccccc3)nc(-c3ccc(-c4cccc5oc(-c6ccc7ccc8ccccc8c7c6)nc45)cc3)n2)cc1. The molecule has 0 saturated heterocycles. The summed E-state index contributed by atoms with van der Waals surface area (Å²) in [6, 6.07) is 53.6. The van der Waals surface area contributed by atoms with Gasteiger partial charge in [-0.2, -0.15) is 0 Å². The summed E-state index contributed by atoms with van der Waals surface area (Å²) < 4.78 is 6.34. The number of rotatable bonds is 5. The molecule has 220 valence electrons. The van der Waals surface area contributed by atoms with Crippen molar-refractivity contribution in [3.63, 3.8) is 0 Å². The van der Waals surface area contributed by atoms with Gasteiger partial charge < -0.3 is 4.42 Å². The Kier molecular flexibility index (Phi) is 6.39. The molecule has 9 rings (SSSR count). The Morgan fingerprint density at radius 2 is 0.894 bits per heavy atom. The fourth-order valence-electron chi connectivity index (χ4n) is 6.18. The Balaban J connectivity index is 1.10. The molecule has 0 bridgehead atoms. The Morgan fingerprint density at radius 1 is 0.362 bits per heavy atom. The Hall–Kier alpha value is -6.46. The summed E-state index contributed by atoms with van der Waals surface area (Å²) in [5, 5.41) is 4.80. The first kappa shape index (κ1) is 26.9. The first-order valence-corrected chi connectivity index (χ1v) is 15.6. The Morgan fingerprint density at radius 3 is 1.57 bits per heavy atom. The molecule has 47 heavy (non-hydrogen) atoms. The highest BCUT2D eigenvalue weighted by Gasteiger charge is 2.16.